The number of carbonyl (C=O) groups is 1. The molecule has 4 aromatic carbocycles. The normalized spacial score (nSPS) is 10.8. The third-order valence-electron chi connectivity index (χ3n) is 4.61. The molecule has 0 fully saturated rings. The summed E-state index contributed by atoms with van der Waals surface area (Å²) < 4.78 is 0. The number of hydrogen-bond donors (Lipinski definition) is 0. The molecule has 0 amide bonds. The lowest BCUT2D eigenvalue weighted by Gasteiger charge is -2.21. The van der Waals surface area contributed by atoms with E-state index in [1.807, 2.05) is 48.5 Å². The summed E-state index contributed by atoms with van der Waals surface area (Å²) in [5.74, 6) is 0.683. The number of hydrogen-bond acceptors (Lipinski definition) is 2. The minimum atomic E-state index is -0.798. The van der Waals surface area contributed by atoms with Crippen molar-refractivity contribution >= 4 is 40.7 Å². The van der Waals surface area contributed by atoms with Crippen LogP contribution in [0.25, 0.3) is 0 Å². The molecule has 0 saturated carbocycles. The number of thioether (sulfide) groups is 1. The molecule has 0 aliphatic heterocycles. The van der Waals surface area contributed by atoms with Crippen molar-refractivity contribution in [1.82, 2.24) is 0 Å². The molecule has 4 rings (SSSR count). The monoisotopic (exact) mass is 412 g/mol. The molecule has 0 saturated heterocycles. The van der Waals surface area contributed by atoms with Crippen LogP contribution in [0.4, 0.5) is 0 Å². The van der Waals surface area contributed by atoms with Crippen LogP contribution in [0.2, 0.25) is 0 Å². The van der Waals surface area contributed by atoms with Crippen LogP contribution in [0.3, 0.4) is 0 Å². The first kappa shape index (κ1) is 19.6. The second kappa shape index (κ2) is 9.69. The van der Waals surface area contributed by atoms with E-state index in [1.165, 1.54) is 22.4 Å². The van der Waals surface area contributed by atoms with Crippen molar-refractivity contribution in [2.24, 2.45) is 0 Å². The molecule has 0 aliphatic carbocycles. The zero-order chi connectivity index (χ0) is 19.9. The van der Waals surface area contributed by atoms with Crippen molar-refractivity contribution in [3.05, 3.63) is 126 Å². The molecular formula is C26H21OPS. The van der Waals surface area contributed by atoms with Crippen molar-refractivity contribution in [2.75, 3.05) is 0 Å². The molecule has 0 bridgehead atoms. The molecule has 4 aromatic rings. The lowest BCUT2D eigenvalue weighted by atomic mass is 10.2. The molecule has 0 N–H and O–H groups in total. The molecule has 1 nitrogen and oxygen atoms in total. The molecule has 0 spiro atoms. The quantitative estimate of drug-likeness (QED) is 0.388. The Morgan fingerprint density at radius 2 is 1.10 bits per heavy atom. The predicted octanol–water partition coefficient (Wildman–Crippen LogP) is 5.52. The van der Waals surface area contributed by atoms with Gasteiger partial charge in [0.15, 0.2) is 0 Å². The maximum atomic E-state index is 13.2. The zero-order valence-electron chi connectivity index (χ0n) is 15.9. The van der Waals surface area contributed by atoms with Crippen LogP contribution in [0.5, 0.6) is 0 Å². The van der Waals surface area contributed by atoms with Gasteiger partial charge in [-0.15, -0.1) is 0 Å². The van der Waals surface area contributed by atoms with Crippen molar-refractivity contribution < 1.29 is 4.79 Å². The van der Waals surface area contributed by atoms with E-state index in [9.17, 15) is 4.79 Å². The highest BCUT2D eigenvalue weighted by Crippen LogP contribution is 2.35. The Bertz CT molecular complexity index is 1030. The fourth-order valence-electron chi connectivity index (χ4n) is 3.22. The minimum absolute atomic E-state index is 0.129. The number of rotatable bonds is 6. The molecule has 0 aromatic heterocycles. The average molecular weight is 412 g/mol. The maximum Gasteiger partial charge on any atom is 0.220 e. The summed E-state index contributed by atoms with van der Waals surface area (Å²) in [7, 11) is -0.798. The molecule has 0 radical (unpaired) electrons. The lowest BCUT2D eigenvalue weighted by Crippen LogP contribution is -2.24. The summed E-state index contributed by atoms with van der Waals surface area (Å²) in [5, 5.41) is 3.75. The smallest absolute Gasteiger partial charge is 0.220 e. The lowest BCUT2D eigenvalue weighted by molar-refractivity contribution is 0.109. The van der Waals surface area contributed by atoms with Gasteiger partial charge in [-0.25, -0.2) is 0 Å². The van der Waals surface area contributed by atoms with Gasteiger partial charge in [0.25, 0.3) is 0 Å². The van der Waals surface area contributed by atoms with Gasteiger partial charge < -0.3 is 0 Å². The fourth-order valence-corrected chi connectivity index (χ4v) is 6.57. The van der Waals surface area contributed by atoms with Gasteiger partial charge >= 0.3 is 0 Å². The van der Waals surface area contributed by atoms with Crippen LogP contribution >= 0.6 is 19.7 Å². The van der Waals surface area contributed by atoms with Crippen LogP contribution in [0.1, 0.15) is 15.9 Å². The standard InChI is InChI=1S/C26H21OPS/c27-26(29-20-21-12-4-1-5-13-21)24-18-10-11-19-25(24)28(22-14-6-2-7-15-22)23-16-8-3-9-17-23/h1-19H,20H2. The van der Waals surface area contributed by atoms with Gasteiger partial charge in [0.1, 0.15) is 0 Å². The summed E-state index contributed by atoms with van der Waals surface area (Å²) >= 11 is 1.38. The van der Waals surface area contributed by atoms with Crippen LogP contribution in [-0.4, -0.2) is 5.12 Å². The highest BCUT2D eigenvalue weighted by atomic mass is 32.2. The average Bonchev–Trinajstić information content (AvgIpc) is 2.80. The largest absolute Gasteiger partial charge is 0.282 e. The van der Waals surface area contributed by atoms with E-state index >= 15 is 0 Å². The van der Waals surface area contributed by atoms with E-state index in [4.69, 9.17) is 0 Å². The number of carbonyl (C=O) groups excluding carboxylic acids is 1. The Kier molecular flexibility index (Phi) is 6.56. The van der Waals surface area contributed by atoms with Crippen LogP contribution < -0.4 is 15.9 Å². The Morgan fingerprint density at radius 3 is 1.69 bits per heavy atom. The van der Waals surface area contributed by atoms with Gasteiger partial charge in [-0.05, 0) is 35.5 Å². The van der Waals surface area contributed by atoms with E-state index in [2.05, 4.69) is 66.7 Å². The summed E-state index contributed by atoms with van der Waals surface area (Å²) in [4.78, 5) is 13.2. The Labute approximate surface area is 177 Å². The van der Waals surface area contributed by atoms with Crippen molar-refractivity contribution in [1.29, 1.82) is 0 Å². The molecule has 142 valence electrons. The summed E-state index contributed by atoms with van der Waals surface area (Å²) in [5.41, 5.74) is 1.98. The van der Waals surface area contributed by atoms with Gasteiger partial charge in [0.2, 0.25) is 5.12 Å². The summed E-state index contributed by atoms with van der Waals surface area (Å²) in [6, 6.07) is 39.2. The van der Waals surface area contributed by atoms with Crippen molar-refractivity contribution in [3.63, 3.8) is 0 Å². The van der Waals surface area contributed by atoms with Crippen molar-refractivity contribution in [2.45, 2.75) is 5.75 Å². The van der Waals surface area contributed by atoms with Crippen LogP contribution in [0.15, 0.2) is 115 Å². The van der Waals surface area contributed by atoms with Gasteiger partial charge in [-0.2, -0.15) is 0 Å². The molecule has 3 heteroatoms. The molecule has 0 aliphatic rings. The second-order valence-corrected chi connectivity index (χ2v) is 9.72. The third kappa shape index (κ3) is 4.85. The predicted molar refractivity (Wildman–Crippen MR) is 127 cm³/mol. The molecule has 0 atom stereocenters. The molecule has 29 heavy (non-hydrogen) atoms. The van der Waals surface area contributed by atoms with Gasteiger partial charge in [-0.1, -0.05) is 121 Å². The Morgan fingerprint density at radius 1 is 0.621 bits per heavy atom. The zero-order valence-corrected chi connectivity index (χ0v) is 17.7. The minimum Gasteiger partial charge on any atom is -0.282 e. The Balaban J connectivity index is 1.70. The van der Waals surface area contributed by atoms with Crippen LogP contribution in [0, 0.1) is 0 Å². The molecule has 0 unspecified atom stereocenters. The molecular weight excluding hydrogens is 391 g/mol. The highest BCUT2D eigenvalue weighted by molar-refractivity contribution is 8.13. The van der Waals surface area contributed by atoms with Gasteiger partial charge in [0.05, 0.1) is 0 Å². The van der Waals surface area contributed by atoms with E-state index < -0.39 is 7.92 Å². The van der Waals surface area contributed by atoms with E-state index in [0.717, 1.165) is 16.4 Å². The van der Waals surface area contributed by atoms with Gasteiger partial charge in [0, 0.05) is 11.3 Å². The summed E-state index contributed by atoms with van der Waals surface area (Å²) in [6.45, 7) is 0. The maximum absolute atomic E-state index is 13.2. The first-order chi connectivity index (χ1) is 14.3. The first-order valence-electron chi connectivity index (χ1n) is 9.53. The highest BCUT2D eigenvalue weighted by Gasteiger charge is 2.22. The second-order valence-electron chi connectivity index (χ2n) is 6.59. The topological polar surface area (TPSA) is 17.1 Å². The van der Waals surface area contributed by atoms with Crippen molar-refractivity contribution in [3.8, 4) is 0 Å². The SMILES string of the molecule is O=C(SCc1ccccc1)c1ccccc1P(c1ccccc1)c1ccccc1. The van der Waals surface area contributed by atoms with E-state index in [-0.39, 0.29) is 5.12 Å². The van der Waals surface area contributed by atoms with Crippen LogP contribution in [-0.2, 0) is 5.75 Å². The van der Waals surface area contributed by atoms with Gasteiger partial charge in [-0.3, -0.25) is 4.79 Å². The first-order valence-corrected chi connectivity index (χ1v) is 11.9. The Hall–Kier alpha value is -2.67. The summed E-state index contributed by atoms with van der Waals surface area (Å²) in [6.07, 6.45) is 0. The third-order valence-corrected chi connectivity index (χ3v) is 8.07. The fraction of sp³-hybridized carbons (Fsp3) is 0.0385. The number of benzene rings is 4. The van der Waals surface area contributed by atoms with E-state index in [1.54, 1.807) is 0 Å². The van der Waals surface area contributed by atoms with E-state index in [0.29, 0.717) is 5.75 Å². The molecule has 0 heterocycles.